The van der Waals surface area contributed by atoms with Gasteiger partial charge in [-0.2, -0.15) is 5.26 Å². The molecule has 0 bridgehead atoms. The zero-order valence-corrected chi connectivity index (χ0v) is 17.3. The minimum Gasteiger partial charge on any atom is -0.324 e. The molecule has 0 saturated heterocycles. The van der Waals surface area contributed by atoms with Gasteiger partial charge in [0.15, 0.2) is 0 Å². The van der Waals surface area contributed by atoms with E-state index in [1.54, 1.807) is 30.6 Å². The van der Waals surface area contributed by atoms with Crippen LogP contribution in [0.15, 0.2) is 64.3 Å². The van der Waals surface area contributed by atoms with Crippen molar-refractivity contribution in [1.82, 2.24) is 10.4 Å². The number of amides is 1. The van der Waals surface area contributed by atoms with Crippen LogP contribution >= 0.6 is 0 Å². The summed E-state index contributed by atoms with van der Waals surface area (Å²) < 4.78 is 0. The summed E-state index contributed by atoms with van der Waals surface area (Å²) in [5.74, 6) is -0.216. The third kappa shape index (κ3) is 5.40. The summed E-state index contributed by atoms with van der Waals surface area (Å²) >= 11 is 0. The molecule has 2 aromatic rings. The molecule has 30 heavy (non-hydrogen) atoms. The number of nitrogens with one attached hydrogen (secondary N) is 2. The van der Waals surface area contributed by atoms with Crippen molar-refractivity contribution >= 4 is 24.0 Å². The Morgan fingerprint density at radius 3 is 2.83 bits per heavy atom. The highest BCUT2D eigenvalue weighted by Gasteiger charge is 2.10. The second kappa shape index (κ2) is 9.63. The SMILES string of the molecule is Cc1cc(C(=O)Nc2cccc(C(C)N=CC=NC3=CNN(C)C3)c2)ccc1C#N. The first-order valence-corrected chi connectivity index (χ1v) is 9.60. The van der Waals surface area contributed by atoms with Crippen LogP contribution in [0, 0.1) is 18.3 Å². The Morgan fingerprint density at radius 1 is 1.30 bits per heavy atom. The molecule has 1 unspecified atom stereocenters. The van der Waals surface area contributed by atoms with Crippen molar-refractivity contribution < 1.29 is 4.79 Å². The Kier molecular flexibility index (Phi) is 6.73. The standard InChI is InChI=1S/C23H24N6O/c1-16-11-19(7-8-20(16)13-24)23(30)28-21-6-4-5-18(12-21)17(2)25-9-10-26-22-14-27-29(3)15-22/h4-12,14,17,27H,15H2,1-3H3,(H,28,30). The number of hydrogen-bond donors (Lipinski definition) is 2. The Balaban J connectivity index is 1.63. The van der Waals surface area contributed by atoms with Crippen molar-refractivity contribution in [2.75, 3.05) is 18.9 Å². The highest BCUT2D eigenvalue weighted by atomic mass is 16.1. The average molecular weight is 400 g/mol. The number of aryl methyl sites for hydroxylation is 1. The summed E-state index contributed by atoms with van der Waals surface area (Å²) in [6, 6.07) is 14.7. The third-order valence-electron chi connectivity index (χ3n) is 4.70. The molecule has 3 rings (SSSR count). The number of nitriles is 1. The van der Waals surface area contributed by atoms with E-state index >= 15 is 0 Å². The second-order valence-corrected chi connectivity index (χ2v) is 7.09. The van der Waals surface area contributed by atoms with E-state index < -0.39 is 0 Å². The van der Waals surface area contributed by atoms with Gasteiger partial charge in [0.2, 0.25) is 0 Å². The van der Waals surface area contributed by atoms with Crippen LogP contribution in [0.4, 0.5) is 5.69 Å². The van der Waals surface area contributed by atoms with Gasteiger partial charge in [0.1, 0.15) is 0 Å². The maximum Gasteiger partial charge on any atom is 0.255 e. The molecule has 0 aliphatic carbocycles. The lowest BCUT2D eigenvalue weighted by atomic mass is 10.1. The highest BCUT2D eigenvalue weighted by molar-refractivity contribution is 6.16. The Labute approximate surface area is 176 Å². The van der Waals surface area contributed by atoms with Gasteiger partial charge in [-0.25, -0.2) is 5.01 Å². The zero-order chi connectivity index (χ0) is 21.5. The highest BCUT2D eigenvalue weighted by Crippen LogP contribution is 2.21. The lowest BCUT2D eigenvalue weighted by molar-refractivity contribution is 0.102. The van der Waals surface area contributed by atoms with Crippen LogP contribution in [0.2, 0.25) is 0 Å². The third-order valence-corrected chi connectivity index (χ3v) is 4.70. The predicted octanol–water partition coefficient (Wildman–Crippen LogP) is 3.61. The van der Waals surface area contributed by atoms with Crippen LogP contribution in [0.3, 0.4) is 0 Å². The van der Waals surface area contributed by atoms with Gasteiger partial charge in [-0.05, 0) is 55.3 Å². The van der Waals surface area contributed by atoms with Gasteiger partial charge in [-0.15, -0.1) is 0 Å². The average Bonchev–Trinajstić information content (AvgIpc) is 3.16. The summed E-state index contributed by atoms with van der Waals surface area (Å²) in [4.78, 5) is 21.4. The van der Waals surface area contributed by atoms with E-state index in [9.17, 15) is 4.79 Å². The fourth-order valence-electron chi connectivity index (χ4n) is 2.99. The number of benzene rings is 2. The number of hydrogen-bond acceptors (Lipinski definition) is 6. The van der Waals surface area contributed by atoms with Gasteiger partial charge in [0.25, 0.3) is 5.91 Å². The van der Waals surface area contributed by atoms with Crippen LogP contribution in [0.25, 0.3) is 0 Å². The fraction of sp³-hybridized carbons (Fsp3) is 0.217. The molecule has 152 valence electrons. The summed E-state index contributed by atoms with van der Waals surface area (Å²) in [5, 5.41) is 13.9. The summed E-state index contributed by atoms with van der Waals surface area (Å²) in [5.41, 5.74) is 7.53. The smallest absolute Gasteiger partial charge is 0.255 e. The molecule has 0 aromatic heterocycles. The molecule has 7 nitrogen and oxygen atoms in total. The van der Waals surface area contributed by atoms with Crippen molar-refractivity contribution in [2.24, 2.45) is 9.98 Å². The maximum absolute atomic E-state index is 12.6. The Morgan fingerprint density at radius 2 is 2.13 bits per heavy atom. The summed E-state index contributed by atoms with van der Waals surface area (Å²) in [7, 11) is 1.95. The zero-order valence-electron chi connectivity index (χ0n) is 17.3. The molecular weight excluding hydrogens is 376 g/mol. The predicted molar refractivity (Wildman–Crippen MR) is 120 cm³/mol. The van der Waals surface area contributed by atoms with E-state index in [-0.39, 0.29) is 11.9 Å². The minimum atomic E-state index is -0.216. The molecular formula is C23H24N6O. The number of carbonyl (C=O) groups is 1. The molecule has 0 saturated carbocycles. The first-order valence-electron chi connectivity index (χ1n) is 9.60. The van der Waals surface area contributed by atoms with Gasteiger partial charge >= 0.3 is 0 Å². The van der Waals surface area contributed by atoms with Crippen molar-refractivity contribution in [1.29, 1.82) is 5.26 Å². The molecule has 1 atom stereocenters. The topological polar surface area (TPSA) is 92.9 Å². The van der Waals surface area contributed by atoms with E-state index in [2.05, 4.69) is 26.8 Å². The number of carbonyl (C=O) groups excluding carboxylic acids is 1. The normalized spacial score (nSPS) is 15.1. The van der Waals surface area contributed by atoms with Crippen LogP contribution in [-0.2, 0) is 0 Å². The molecule has 0 fully saturated rings. The van der Waals surface area contributed by atoms with Gasteiger partial charge in [0, 0.05) is 36.9 Å². The quantitative estimate of drug-likeness (QED) is 0.725. The molecule has 7 heteroatoms. The number of hydrazine groups is 1. The number of aliphatic imine (C=N–C) groups is 2. The van der Waals surface area contributed by atoms with Crippen LogP contribution in [0.1, 0.15) is 40.0 Å². The van der Waals surface area contributed by atoms with Crippen LogP contribution in [-0.4, -0.2) is 36.9 Å². The number of rotatable bonds is 6. The lowest BCUT2D eigenvalue weighted by Gasteiger charge is -2.10. The summed E-state index contributed by atoms with van der Waals surface area (Å²) in [6.07, 6.45) is 5.23. The molecule has 1 amide bonds. The second-order valence-electron chi connectivity index (χ2n) is 7.09. The molecule has 1 aliphatic rings. The Hall–Kier alpha value is -3.76. The molecule has 0 spiro atoms. The number of anilines is 1. The van der Waals surface area contributed by atoms with E-state index in [1.807, 2.05) is 56.4 Å². The van der Waals surface area contributed by atoms with Crippen molar-refractivity contribution in [3.8, 4) is 6.07 Å². The number of likely N-dealkylation sites (N-methyl/N-ethyl adjacent to an activating group) is 1. The first-order chi connectivity index (χ1) is 14.5. The minimum absolute atomic E-state index is 0.0798. The van der Waals surface area contributed by atoms with E-state index in [0.717, 1.165) is 23.4 Å². The lowest BCUT2D eigenvalue weighted by Crippen LogP contribution is -2.24. The molecule has 0 radical (unpaired) electrons. The molecule has 1 aliphatic heterocycles. The van der Waals surface area contributed by atoms with E-state index in [0.29, 0.717) is 16.8 Å². The van der Waals surface area contributed by atoms with Crippen LogP contribution < -0.4 is 10.7 Å². The fourth-order valence-corrected chi connectivity index (χ4v) is 2.99. The molecule has 1 heterocycles. The van der Waals surface area contributed by atoms with Crippen molar-refractivity contribution in [2.45, 2.75) is 19.9 Å². The van der Waals surface area contributed by atoms with Gasteiger partial charge in [0.05, 0.1) is 29.9 Å². The van der Waals surface area contributed by atoms with Crippen molar-refractivity contribution in [3.05, 3.63) is 76.6 Å². The van der Waals surface area contributed by atoms with E-state index in [1.165, 1.54) is 0 Å². The largest absolute Gasteiger partial charge is 0.324 e. The maximum atomic E-state index is 12.6. The van der Waals surface area contributed by atoms with Crippen molar-refractivity contribution in [3.63, 3.8) is 0 Å². The number of nitrogens with zero attached hydrogens (tertiary/aromatic N) is 4. The summed E-state index contributed by atoms with van der Waals surface area (Å²) in [6.45, 7) is 4.55. The van der Waals surface area contributed by atoms with Gasteiger partial charge in [-0.1, -0.05) is 12.1 Å². The van der Waals surface area contributed by atoms with Gasteiger partial charge in [-0.3, -0.25) is 14.8 Å². The Bertz CT molecular complexity index is 1060. The van der Waals surface area contributed by atoms with Crippen LogP contribution in [0.5, 0.6) is 0 Å². The monoisotopic (exact) mass is 400 g/mol. The molecule has 2 N–H and O–H groups in total. The first kappa shape index (κ1) is 21.0. The van der Waals surface area contributed by atoms with Gasteiger partial charge < -0.3 is 10.7 Å². The molecule has 2 aromatic carbocycles. The van der Waals surface area contributed by atoms with E-state index in [4.69, 9.17) is 5.26 Å².